The van der Waals surface area contributed by atoms with Gasteiger partial charge < -0.3 is 13.9 Å². The molecular formula is C21H21NO4. The first-order chi connectivity index (χ1) is 12.7. The molecule has 4 rings (SSSR count). The van der Waals surface area contributed by atoms with Crippen molar-refractivity contribution >= 4 is 11.0 Å². The maximum absolute atomic E-state index is 12.0. The Hall–Kier alpha value is -2.79. The molecule has 0 radical (unpaired) electrons. The Morgan fingerprint density at radius 1 is 1.19 bits per heavy atom. The van der Waals surface area contributed by atoms with Crippen molar-refractivity contribution in [1.82, 2.24) is 4.90 Å². The third-order valence-electron chi connectivity index (χ3n) is 4.76. The maximum Gasteiger partial charge on any atom is 0.336 e. The summed E-state index contributed by atoms with van der Waals surface area (Å²) in [6.07, 6.45) is 0.787. The highest BCUT2D eigenvalue weighted by atomic mass is 16.5. The number of hydrogen-bond donors (Lipinski definition) is 0. The minimum absolute atomic E-state index is 0.312. The van der Waals surface area contributed by atoms with Crippen molar-refractivity contribution in [2.24, 2.45) is 0 Å². The number of fused-ring (bicyclic) bond motifs is 3. The Balaban J connectivity index is 1.69. The molecule has 0 spiro atoms. The molecule has 26 heavy (non-hydrogen) atoms. The van der Waals surface area contributed by atoms with E-state index in [9.17, 15) is 4.79 Å². The Labute approximate surface area is 151 Å². The Kier molecular flexibility index (Phi) is 4.39. The van der Waals surface area contributed by atoms with Crippen molar-refractivity contribution in [2.45, 2.75) is 26.4 Å². The van der Waals surface area contributed by atoms with E-state index in [0.29, 0.717) is 18.9 Å². The number of hydrogen-bond acceptors (Lipinski definition) is 5. The lowest BCUT2D eigenvalue weighted by molar-refractivity contribution is 0.0889. The Bertz CT molecular complexity index is 1010. The molecule has 0 fully saturated rings. The highest BCUT2D eigenvalue weighted by molar-refractivity contribution is 5.85. The zero-order valence-corrected chi connectivity index (χ0v) is 15.0. The van der Waals surface area contributed by atoms with Crippen LogP contribution in [0.5, 0.6) is 11.5 Å². The summed E-state index contributed by atoms with van der Waals surface area (Å²) in [4.78, 5) is 14.1. The van der Waals surface area contributed by atoms with E-state index in [1.165, 1.54) is 0 Å². The van der Waals surface area contributed by atoms with Gasteiger partial charge in [0.15, 0.2) is 0 Å². The Morgan fingerprint density at radius 2 is 2.08 bits per heavy atom. The zero-order chi connectivity index (χ0) is 18.1. The molecule has 0 unspecified atom stereocenters. The summed E-state index contributed by atoms with van der Waals surface area (Å²) < 4.78 is 16.8. The quantitative estimate of drug-likeness (QED) is 0.671. The summed E-state index contributed by atoms with van der Waals surface area (Å²) in [5.74, 6) is 1.63. The van der Waals surface area contributed by atoms with Crippen LogP contribution in [-0.2, 0) is 19.5 Å². The van der Waals surface area contributed by atoms with Crippen molar-refractivity contribution < 1.29 is 13.9 Å². The second kappa shape index (κ2) is 6.84. The minimum atomic E-state index is -0.312. The van der Waals surface area contributed by atoms with Crippen molar-refractivity contribution in [1.29, 1.82) is 0 Å². The standard InChI is InChI=1S/C21H21NO4/c1-3-15-10-20(23)26-21-17(15)7-8-19-18(21)12-22(13-25-19)11-14-5-4-6-16(9-14)24-2/h4-10H,3,11-13H2,1-2H3. The van der Waals surface area contributed by atoms with Crippen LogP contribution >= 0.6 is 0 Å². The molecule has 0 saturated heterocycles. The van der Waals surface area contributed by atoms with E-state index in [0.717, 1.165) is 46.5 Å². The molecule has 0 saturated carbocycles. The fraction of sp³-hybridized carbons (Fsp3) is 0.286. The average molecular weight is 351 g/mol. The molecule has 0 amide bonds. The highest BCUT2D eigenvalue weighted by Crippen LogP contribution is 2.33. The van der Waals surface area contributed by atoms with E-state index >= 15 is 0 Å². The molecule has 0 N–H and O–H groups in total. The second-order valence-corrected chi connectivity index (χ2v) is 6.48. The van der Waals surface area contributed by atoms with Gasteiger partial charge in [-0.25, -0.2) is 4.79 Å². The molecule has 5 heteroatoms. The van der Waals surface area contributed by atoms with Gasteiger partial charge in [0.05, 0.1) is 12.7 Å². The minimum Gasteiger partial charge on any atom is -0.497 e. The normalized spacial score (nSPS) is 14.1. The predicted octanol–water partition coefficient (Wildman–Crippen LogP) is 3.72. The summed E-state index contributed by atoms with van der Waals surface area (Å²) in [5.41, 5.74) is 3.41. The molecule has 1 aliphatic rings. The van der Waals surface area contributed by atoms with Crippen LogP contribution in [-0.4, -0.2) is 18.7 Å². The summed E-state index contributed by atoms with van der Waals surface area (Å²) in [5, 5.41) is 0.984. The third kappa shape index (κ3) is 3.06. The van der Waals surface area contributed by atoms with Gasteiger partial charge in [-0.3, -0.25) is 4.90 Å². The SMILES string of the molecule is CCc1cc(=O)oc2c3c(ccc12)OCN(Cc1cccc(OC)c1)C3. The van der Waals surface area contributed by atoms with Gasteiger partial charge >= 0.3 is 5.63 Å². The van der Waals surface area contributed by atoms with E-state index in [4.69, 9.17) is 13.9 Å². The van der Waals surface area contributed by atoms with Gasteiger partial charge in [-0.05, 0) is 41.8 Å². The van der Waals surface area contributed by atoms with Gasteiger partial charge in [0.2, 0.25) is 0 Å². The number of aryl methyl sites for hydroxylation is 1. The number of rotatable bonds is 4. The number of methoxy groups -OCH3 is 1. The molecule has 1 aromatic heterocycles. The first-order valence-corrected chi connectivity index (χ1v) is 8.74. The van der Waals surface area contributed by atoms with Crippen LogP contribution in [0.15, 0.2) is 51.7 Å². The first-order valence-electron chi connectivity index (χ1n) is 8.74. The molecule has 2 heterocycles. The van der Waals surface area contributed by atoms with Crippen LogP contribution < -0.4 is 15.1 Å². The van der Waals surface area contributed by atoms with E-state index < -0.39 is 0 Å². The molecule has 2 aromatic carbocycles. The Morgan fingerprint density at radius 3 is 2.88 bits per heavy atom. The van der Waals surface area contributed by atoms with Crippen molar-refractivity contribution in [3.8, 4) is 11.5 Å². The van der Waals surface area contributed by atoms with Crippen LogP contribution in [0.1, 0.15) is 23.6 Å². The first kappa shape index (κ1) is 16.7. The zero-order valence-electron chi connectivity index (χ0n) is 15.0. The number of nitrogens with zero attached hydrogens (tertiary/aromatic N) is 1. The topological polar surface area (TPSA) is 51.9 Å². The van der Waals surface area contributed by atoms with Crippen LogP contribution in [0.3, 0.4) is 0 Å². The summed E-state index contributed by atoms with van der Waals surface area (Å²) in [6, 6.07) is 13.5. The molecule has 5 nitrogen and oxygen atoms in total. The van der Waals surface area contributed by atoms with Crippen LogP contribution in [0.4, 0.5) is 0 Å². The molecule has 0 bridgehead atoms. The molecule has 0 aliphatic carbocycles. The second-order valence-electron chi connectivity index (χ2n) is 6.48. The van der Waals surface area contributed by atoms with Crippen LogP contribution in [0.2, 0.25) is 0 Å². The average Bonchev–Trinajstić information content (AvgIpc) is 2.67. The lowest BCUT2D eigenvalue weighted by Crippen LogP contribution is -2.31. The van der Waals surface area contributed by atoms with E-state index in [1.54, 1.807) is 13.2 Å². The molecular weight excluding hydrogens is 330 g/mol. The molecule has 1 aliphatic heterocycles. The largest absolute Gasteiger partial charge is 0.497 e. The summed E-state index contributed by atoms with van der Waals surface area (Å²) >= 11 is 0. The summed E-state index contributed by atoms with van der Waals surface area (Å²) in [6.45, 7) is 3.93. The molecule has 0 atom stereocenters. The highest BCUT2D eigenvalue weighted by Gasteiger charge is 2.22. The van der Waals surface area contributed by atoms with Gasteiger partial charge in [-0.2, -0.15) is 0 Å². The molecule has 134 valence electrons. The summed E-state index contributed by atoms with van der Waals surface area (Å²) in [7, 11) is 1.67. The fourth-order valence-corrected chi connectivity index (χ4v) is 3.47. The fourth-order valence-electron chi connectivity index (χ4n) is 3.47. The van der Waals surface area contributed by atoms with E-state index in [-0.39, 0.29) is 5.63 Å². The number of ether oxygens (including phenoxy) is 2. The van der Waals surface area contributed by atoms with E-state index in [2.05, 4.69) is 11.0 Å². The molecule has 3 aromatic rings. The van der Waals surface area contributed by atoms with Crippen molar-refractivity contribution in [2.75, 3.05) is 13.8 Å². The van der Waals surface area contributed by atoms with Gasteiger partial charge in [-0.1, -0.05) is 19.1 Å². The van der Waals surface area contributed by atoms with Gasteiger partial charge in [0.25, 0.3) is 0 Å². The van der Waals surface area contributed by atoms with Crippen LogP contribution in [0, 0.1) is 0 Å². The number of benzene rings is 2. The van der Waals surface area contributed by atoms with Gasteiger partial charge in [-0.15, -0.1) is 0 Å². The van der Waals surface area contributed by atoms with Crippen LogP contribution in [0.25, 0.3) is 11.0 Å². The van der Waals surface area contributed by atoms with Gasteiger partial charge in [0.1, 0.15) is 23.8 Å². The van der Waals surface area contributed by atoms with Crippen molar-refractivity contribution in [3.05, 3.63) is 69.6 Å². The van der Waals surface area contributed by atoms with E-state index in [1.807, 2.05) is 37.3 Å². The third-order valence-corrected chi connectivity index (χ3v) is 4.76. The van der Waals surface area contributed by atoms with Crippen molar-refractivity contribution in [3.63, 3.8) is 0 Å². The van der Waals surface area contributed by atoms with Gasteiger partial charge in [0, 0.05) is 24.5 Å². The smallest absolute Gasteiger partial charge is 0.336 e. The maximum atomic E-state index is 12.0. The lowest BCUT2D eigenvalue weighted by Gasteiger charge is -2.29. The monoisotopic (exact) mass is 351 g/mol. The predicted molar refractivity (Wildman–Crippen MR) is 99.6 cm³/mol. The lowest BCUT2D eigenvalue weighted by atomic mass is 10.0.